The first-order valence-corrected chi connectivity index (χ1v) is 7.76. The predicted molar refractivity (Wildman–Crippen MR) is 90.1 cm³/mol. The van der Waals surface area contributed by atoms with Crippen LogP contribution in [0.3, 0.4) is 0 Å². The number of ether oxygens (including phenoxy) is 1. The largest absolute Gasteiger partial charge is 0.465 e. The average molecular weight is 326 g/mol. The number of esters is 1. The summed E-state index contributed by atoms with van der Waals surface area (Å²) in [7, 11) is 1.32. The van der Waals surface area contributed by atoms with Gasteiger partial charge in [0.2, 0.25) is 0 Å². The number of carbonyl (C=O) groups excluding carboxylic acids is 2. The van der Waals surface area contributed by atoms with Crippen LogP contribution in [-0.2, 0) is 4.74 Å². The van der Waals surface area contributed by atoms with Gasteiger partial charge in [0.05, 0.1) is 22.9 Å². The van der Waals surface area contributed by atoms with Crippen molar-refractivity contribution in [2.75, 3.05) is 12.4 Å². The van der Waals surface area contributed by atoms with Crippen LogP contribution in [-0.4, -0.2) is 24.0 Å². The SMILES string of the molecule is COC(=O)c1ccc(C(=O)Nc2nc3c(C)cccc3s2)cc1. The van der Waals surface area contributed by atoms with E-state index in [0.717, 1.165) is 15.8 Å². The molecule has 0 radical (unpaired) electrons. The number of thiazole rings is 1. The lowest BCUT2D eigenvalue weighted by Crippen LogP contribution is -2.12. The zero-order chi connectivity index (χ0) is 16.4. The van der Waals surface area contributed by atoms with E-state index in [1.54, 1.807) is 24.3 Å². The summed E-state index contributed by atoms with van der Waals surface area (Å²) in [5.41, 5.74) is 2.82. The second-order valence-electron chi connectivity index (χ2n) is 4.96. The van der Waals surface area contributed by atoms with Gasteiger partial charge in [-0.3, -0.25) is 10.1 Å². The van der Waals surface area contributed by atoms with Gasteiger partial charge in [0.1, 0.15) is 0 Å². The minimum absolute atomic E-state index is 0.266. The number of methoxy groups -OCH3 is 1. The Bertz CT molecular complexity index is 884. The molecule has 0 saturated carbocycles. The molecule has 0 unspecified atom stereocenters. The number of fused-ring (bicyclic) bond motifs is 1. The highest BCUT2D eigenvalue weighted by atomic mass is 32.1. The molecule has 0 aliphatic heterocycles. The molecule has 0 aliphatic rings. The molecule has 0 atom stereocenters. The summed E-state index contributed by atoms with van der Waals surface area (Å²) in [6.45, 7) is 1.99. The van der Waals surface area contributed by atoms with E-state index in [4.69, 9.17) is 0 Å². The molecule has 1 N–H and O–H groups in total. The molecule has 1 heterocycles. The van der Waals surface area contributed by atoms with Gasteiger partial charge in [-0.15, -0.1) is 0 Å². The second kappa shape index (κ2) is 6.18. The van der Waals surface area contributed by atoms with Gasteiger partial charge >= 0.3 is 5.97 Å². The first kappa shape index (κ1) is 15.2. The minimum Gasteiger partial charge on any atom is -0.465 e. The van der Waals surface area contributed by atoms with Crippen LogP contribution in [0.5, 0.6) is 0 Å². The Labute approximate surface area is 136 Å². The van der Waals surface area contributed by atoms with E-state index >= 15 is 0 Å². The number of hydrogen-bond donors (Lipinski definition) is 1. The number of aromatic nitrogens is 1. The predicted octanol–water partition coefficient (Wildman–Crippen LogP) is 3.64. The fourth-order valence-electron chi connectivity index (χ4n) is 2.18. The normalized spacial score (nSPS) is 10.5. The minimum atomic E-state index is -0.432. The van der Waals surface area contributed by atoms with Crippen molar-refractivity contribution in [3.8, 4) is 0 Å². The van der Waals surface area contributed by atoms with Crippen molar-refractivity contribution in [3.05, 3.63) is 59.2 Å². The lowest BCUT2D eigenvalue weighted by molar-refractivity contribution is 0.0600. The molecule has 5 nitrogen and oxygen atoms in total. The molecule has 2 aromatic carbocycles. The first-order chi connectivity index (χ1) is 11.1. The number of nitrogens with zero attached hydrogens (tertiary/aromatic N) is 1. The topological polar surface area (TPSA) is 68.3 Å². The van der Waals surface area contributed by atoms with Gasteiger partial charge < -0.3 is 4.74 Å². The summed E-state index contributed by atoms with van der Waals surface area (Å²) in [6, 6.07) is 12.2. The molecule has 0 saturated heterocycles. The molecule has 0 aliphatic carbocycles. The van der Waals surface area contributed by atoms with E-state index in [1.165, 1.54) is 18.4 Å². The first-order valence-electron chi connectivity index (χ1n) is 6.94. The van der Waals surface area contributed by atoms with E-state index in [0.29, 0.717) is 16.3 Å². The van der Waals surface area contributed by atoms with Crippen LogP contribution in [0.1, 0.15) is 26.3 Å². The Morgan fingerprint density at radius 3 is 2.43 bits per heavy atom. The van der Waals surface area contributed by atoms with Crippen molar-refractivity contribution < 1.29 is 14.3 Å². The van der Waals surface area contributed by atoms with Gasteiger partial charge in [-0.05, 0) is 42.8 Å². The molecule has 1 aromatic heterocycles. The fourth-order valence-corrected chi connectivity index (χ4v) is 3.12. The lowest BCUT2D eigenvalue weighted by Gasteiger charge is -2.03. The van der Waals surface area contributed by atoms with Crippen molar-refractivity contribution in [2.24, 2.45) is 0 Å². The van der Waals surface area contributed by atoms with Gasteiger partial charge in [0.15, 0.2) is 5.13 Å². The third kappa shape index (κ3) is 3.07. The van der Waals surface area contributed by atoms with Crippen LogP contribution in [0.2, 0.25) is 0 Å². The molecule has 0 bridgehead atoms. The van der Waals surface area contributed by atoms with Crippen LogP contribution in [0.15, 0.2) is 42.5 Å². The summed E-state index contributed by atoms with van der Waals surface area (Å²) in [5, 5.41) is 3.34. The monoisotopic (exact) mass is 326 g/mol. The van der Waals surface area contributed by atoms with Crippen LogP contribution >= 0.6 is 11.3 Å². The molecule has 0 spiro atoms. The van der Waals surface area contributed by atoms with Gasteiger partial charge in [0.25, 0.3) is 5.91 Å². The zero-order valence-corrected chi connectivity index (χ0v) is 13.4. The molecule has 0 fully saturated rings. The molecular formula is C17H14N2O3S. The van der Waals surface area contributed by atoms with E-state index in [9.17, 15) is 9.59 Å². The van der Waals surface area contributed by atoms with Gasteiger partial charge in [-0.2, -0.15) is 0 Å². The third-order valence-electron chi connectivity index (χ3n) is 3.41. The number of anilines is 1. The Morgan fingerprint density at radius 1 is 1.09 bits per heavy atom. The number of rotatable bonds is 3. The van der Waals surface area contributed by atoms with Gasteiger partial charge in [0, 0.05) is 5.56 Å². The maximum absolute atomic E-state index is 12.3. The van der Waals surface area contributed by atoms with Gasteiger partial charge in [-0.25, -0.2) is 9.78 Å². The van der Waals surface area contributed by atoms with E-state index in [1.807, 2.05) is 25.1 Å². The maximum Gasteiger partial charge on any atom is 0.337 e. The van der Waals surface area contributed by atoms with E-state index in [-0.39, 0.29) is 5.91 Å². The number of para-hydroxylation sites is 1. The van der Waals surface area contributed by atoms with Crippen LogP contribution in [0, 0.1) is 6.92 Å². The summed E-state index contributed by atoms with van der Waals surface area (Å²) in [6.07, 6.45) is 0. The molecule has 3 rings (SSSR count). The maximum atomic E-state index is 12.3. The Kier molecular flexibility index (Phi) is 4.08. The molecular weight excluding hydrogens is 312 g/mol. The number of nitrogens with one attached hydrogen (secondary N) is 1. The van der Waals surface area contributed by atoms with Crippen molar-refractivity contribution >= 4 is 38.6 Å². The standard InChI is InChI=1S/C17H14N2O3S/c1-10-4-3-5-13-14(10)18-17(23-13)19-15(20)11-6-8-12(9-7-11)16(21)22-2/h3-9H,1-2H3,(H,18,19,20). The Hall–Kier alpha value is -2.73. The lowest BCUT2D eigenvalue weighted by atomic mass is 10.1. The highest BCUT2D eigenvalue weighted by Crippen LogP contribution is 2.28. The summed E-state index contributed by atoms with van der Waals surface area (Å²) >= 11 is 1.43. The third-order valence-corrected chi connectivity index (χ3v) is 4.35. The van der Waals surface area contributed by atoms with Crippen LogP contribution in [0.25, 0.3) is 10.2 Å². The average Bonchev–Trinajstić information content (AvgIpc) is 2.98. The van der Waals surface area contributed by atoms with Crippen molar-refractivity contribution in [1.29, 1.82) is 0 Å². The molecule has 23 heavy (non-hydrogen) atoms. The fraction of sp³-hybridized carbons (Fsp3) is 0.118. The van der Waals surface area contributed by atoms with Gasteiger partial charge in [-0.1, -0.05) is 23.5 Å². The number of hydrogen-bond acceptors (Lipinski definition) is 5. The van der Waals surface area contributed by atoms with Crippen molar-refractivity contribution in [1.82, 2.24) is 4.98 Å². The number of carbonyl (C=O) groups is 2. The second-order valence-corrected chi connectivity index (χ2v) is 5.99. The quantitative estimate of drug-likeness (QED) is 0.746. The van der Waals surface area contributed by atoms with Crippen molar-refractivity contribution in [2.45, 2.75) is 6.92 Å². The summed E-state index contributed by atoms with van der Waals surface area (Å²) < 4.78 is 5.66. The van der Waals surface area contributed by atoms with Crippen LogP contribution in [0.4, 0.5) is 5.13 Å². The number of amides is 1. The number of benzene rings is 2. The molecule has 1 amide bonds. The van der Waals surface area contributed by atoms with Crippen molar-refractivity contribution in [3.63, 3.8) is 0 Å². The molecule has 3 aromatic rings. The van der Waals surface area contributed by atoms with Crippen LogP contribution < -0.4 is 5.32 Å². The Morgan fingerprint density at radius 2 is 1.78 bits per heavy atom. The highest BCUT2D eigenvalue weighted by molar-refractivity contribution is 7.22. The molecule has 6 heteroatoms. The highest BCUT2D eigenvalue weighted by Gasteiger charge is 2.12. The Balaban J connectivity index is 1.80. The van der Waals surface area contributed by atoms with E-state index in [2.05, 4.69) is 15.0 Å². The summed E-state index contributed by atoms with van der Waals surface area (Å²) in [5.74, 6) is -0.697. The smallest absolute Gasteiger partial charge is 0.337 e. The van der Waals surface area contributed by atoms with E-state index < -0.39 is 5.97 Å². The number of aryl methyl sites for hydroxylation is 1. The summed E-state index contributed by atoms with van der Waals surface area (Å²) in [4.78, 5) is 28.1. The molecule has 116 valence electrons. The zero-order valence-electron chi connectivity index (χ0n) is 12.6.